The van der Waals surface area contributed by atoms with E-state index in [1.54, 1.807) is 24.3 Å². The van der Waals surface area contributed by atoms with Gasteiger partial charge in [-0.3, -0.25) is 0 Å². The van der Waals surface area contributed by atoms with Gasteiger partial charge in [0.25, 0.3) is 0 Å². The van der Waals surface area contributed by atoms with Crippen LogP contribution in [-0.2, 0) is 9.59 Å². The van der Waals surface area contributed by atoms with Gasteiger partial charge in [-0.05, 0) is 46.5 Å². The summed E-state index contributed by atoms with van der Waals surface area (Å²) in [5, 5.41) is 0. The molecule has 0 saturated carbocycles. The van der Waals surface area contributed by atoms with Gasteiger partial charge >= 0.3 is 11.9 Å². The lowest BCUT2D eigenvalue weighted by Crippen LogP contribution is -2.02. The molecule has 0 radical (unpaired) electrons. The Labute approximate surface area is 187 Å². The molecule has 4 nitrogen and oxygen atoms in total. The lowest BCUT2D eigenvalue weighted by atomic mass is 10.1. The zero-order valence-electron chi connectivity index (χ0n) is 17.4. The summed E-state index contributed by atoms with van der Waals surface area (Å²) in [7, 11) is 0. The highest BCUT2D eigenvalue weighted by molar-refractivity contribution is 5.84. The zero-order chi connectivity index (χ0) is 22.8. The van der Waals surface area contributed by atoms with Gasteiger partial charge in [-0.1, -0.05) is 86.0 Å². The molecule has 0 aromatic heterocycles. The van der Waals surface area contributed by atoms with E-state index in [-0.39, 0.29) is 0 Å². The summed E-state index contributed by atoms with van der Waals surface area (Å²) in [5.74, 6) is 0.00755. The molecule has 0 atom stereocenters. The minimum absolute atomic E-state index is 0.478. The van der Waals surface area contributed by atoms with Crippen molar-refractivity contribution < 1.29 is 19.1 Å². The molecule has 0 amide bonds. The summed E-state index contributed by atoms with van der Waals surface area (Å²) in [5.41, 5.74) is 4.12. The van der Waals surface area contributed by atoms with Gasteiger partial charge in [0.2, 0.25) is 0 Å². The van der Waals surface area contributed by atoms with E-state index in [0.29, 0.717) is 11.5 Å². The Balaban J connectivity index is 1.57. The van der Waals surface area contributed by atoms with Gasteiger partial charge in [0.05, 0.1) is 0 Å². The Hall–Kier alpha value is -4.44. The van der Waals surface area contributed by atoms with Gasteiger partial charge in [0.15, 0.2) is 0 Å². The second-order valence-electron chi connectivity index (χ2n) is 6.72. The third-order valence-electron chi connectivity index (χ3n) is 4.40. The van der Waals surface area contributed by atoms with Crippen LogP contribution >= 0.6 is 0 Å². The van der Waals surface area contributed by atoms with Crippen molar-refractivity contribution in [3.8, 4) is 11.5 Å². The molecule has 3 aromatic rings. The minimum atomic E-state index is -0.478. The Kier molecular flexibility index (Phi) is 7.71. The lowest BCUT2D eigenvalue weighted by molar-refractivity contribution is -0.129. The molecule has 0 N–H and O–H groups in total. The molecule has 0 fully saturated rings. The first-order valence-electron chi connectivity index (χ1n) is 9.90. The molecule has 0 aliphatic heterocycles. The van der Waals surface area contributed by atoms with Crippen LogP contribution < -0.4 is 9.47 Å². The first kappa shape index (κ1) is 22.2. The van der Waals surface area contributed by atoms with Gasteiger partial charge < -0.3 is 9.47 Å². The van der Waals surface area contributed by atoms with E-state index in [1.807, 2.05) is 72.8 Å². The summed E-state index contributed by atoms with van der Waals surface area (Å²) in [6.07, 6.45) is 10.3. The molecular formula is C28H22O4. The predicted molar refractivity (Wildman–Crippen MR) is 129 cm³/mol. The number of carbonyl (C=O) groups excluding carboxylic acids is 2. The normalized spacial score (nSPS) is 10.8. The van der Waals surface area contributed by atoms with Crippen LogP contribution in [0.1, 0.15) is 22.3 Å². The third-order valence-corrected chi connectivity index (χ3v) is 4.40. The smallest absolute Gasteiger partial charge is 0.335 e. The highest BCUT2D eigenvalue weighted by Gasteiger charge is 2.00. The molecule has 0 bridgehead atoms. The fourth-order valence-corrected chi connectivity index (χ4v) is 2.71. The molecule has 0 aliphatic rings. The van der Waals surface area contributed by atoms with Crippen LogP contribution in [0.3, 0.4) is 0 Å². The summed E-state index contributed by atoms with van der Waals surface area (Å²) in [4.78, 5) is 22.4. The van der Waals surface area contributed by atoms with E-state index >= 15 is 0 Å². The SMILES string of the molecule is C=CC(=O)Oc1ccc(C=Cc2ccc(C=Cc3ccc(OC(=O)C=C)cc3)cc2)cc1. The second kappa shape index (κ2) is 11.1. The summed E-state index contributed by atoms with van der Waals surface area (Å²) < 4.78 is 10.1. The van der Waals surface area contributed by atoms with Gasteiger partial charge in [0.1, 0.15) is 11.5 Å². The molecular weight excluding hydrogens is 400 g/mol. The molecule has 4 heteroatoms. The van der Waals surface area contributed by atoms with Crippen LogP contribution in [0.15, 0.2) is 98.1 Å². The number of esters is 2. The Morgan fingerprint density at radius 1 is 0.500 bits per heavy atom. The molecule has 3 aromatic carbocycles. The maximum Gasteiger partial charge on any atom is 0.335 e. The van der Waals surface area contributed by atoms with Crippen molar-refractivity contribution in [3.05, 3.63) is 120 Å². The zero-order valence-corrected chi connectivity index (χ0v) is 17.4. The molecule has 0 aliphatic carbocycles. The number of rotatable bonds is 8. The predicted octanol–water partition coefficient (Wildman–Crippen LogP) is 6.21. The van der Waals surface area contributed by atoms with Gasteiger partial charge in [-0.2, -0.15) is 0 Å². The Morgan fingerprint density at radius 2 is 0.750 bits per heavy atom. The van der Waals surface area contributed by atoms with Gasteiger partial charge in [-0.15, -0.1) is 0 Å². The first-order valence-corrected chi connectivity index (χ1v) is 9.90. The second-order valence-corrected chi connectivity index (χ2v) is 6.72. The van der Waals surface area contributed by atoms with Crippen LogP contribution in [-0.4, -0.2) is 11.9 Å². The van der Waals surface area contributed by atoms with Crippen molar-refractivity contribution in [2.45, 2.75) is 0 Å². The molecule has 0 heterocycles. The number of ether oxygens (including phenoxy) is 2. The van der Waals surface area contributed by atoms with Gasteiger partial charge in [0, 0.05) is 12.2 Å². The molecule has 32 heavy (non-hydrogen) atoms. The largest absolute Gasteiger partial charge is 0.423 e. The molecule has 0 unspecified atom stereocenters. The van der Waals surface area contributed by atoms with Crippen molar-refractivity contribution in [3.63, 3.8) is 0 Å². The van der Waals surface area contributed by atoms with Crippen molar-refractivity contribution in [2.24, 2.45) is 0 Å². The van der Waals surface area contributed by atoms with E-state index in [9.17, 15) is 9.59 Å². The molecule has 3 rings (SSSR count). The number of carbonyl (C=O) groups is 2. The number of hydrogen-bond donors (Lipinski definition) is 0. The van der Waals surface area contributed by atoms with E-state index in [4.69, 9.17) is 9.47 Å². The Morgan fingerprint density at radius 3 is 1.00 bits per heavy atom. The van der Waals surface area contributed by atoms with Crippen LogP contribution in [0.25, 0.3) is 24.3 Å². The van der Waals surface area contributed by atoms with Crippen LogP contribution in [0.2, 0.25) is 0 Å². The van der Waals surface area contributed by atoms with Gasteiger partial charge in [-0.25, -0.2) is 9.59 Å². The highest BCUT2D eigenvalue weighted by atomic mass is 16.5. The topological polar surface area (TPSA) is 52.6 Å². The van der Waals surface area contributed by atoms with Crippen molar-refractivity contribution in [2.75, 3.05) is 0 Å². The Bertz CT molecular complexity index is 1060. The van der Waals surface area contributed by atoms with Crippen LogP contribution in [0, 0.1) is 0 Å². The maximum absolute atomic E-state index is 11.2. The molecule has 0 saturated heterocycles. The first-order chi connectivity index (χ1) is 15.6. The fraction of sp³-hybridized carbons (Fsp3) is 0. The molecule has 158 valence electrons. The monoisotopic (exact) mass is 422 g/mol. The minimum Gasteiger partial charge on any atom is -0.423 e. The summed E-state index contributed by atoms with van der Waals surface area (Å²) in [6, 6.07) is 22.6. The maximum atomic E-state index is 11.2. The van der Waals surface area contributed by atoms with E-state index in [1.165, 1.54) is 0 Å². The standard InChI is InChI=1S/C28H22O4/c1-3-27(29)31-25-17-13-23(14-18-25)11-9-21-5-7-22(8-6-21)10-12-24-15-19-26(20-16-24)32-28(30)4-2/h3-20H,1-2H2. The van der Waals surface area contributed by atoms with Crippen molar-refractivity contribution in [1.29, 1.82) is 0 Å². The summed E-state index contributed by atoms with van der Waals surface area (Å²) >= 11 is 0. The molecule has 0 spiro atoms. The fourth-order valence-electron chi connectivity index (χ4n) is 2.71. The van der Waals surface area contributed by atoms with Crippen LogP contribution in [0.4, 0.5) is 0 Å². The number of hydrogen-bond acceptors (Lipinski definition) is 4. The van der Waals surface area contributed by atoms with E-state index in [2.05, 4.69) is 13.2 Å². The van der Waals surface area contributed by atoms with Crippen LogP contribution in [0.5, 0.6) is 11.5 Å². The van der Waals surface area contributed by atoms with E-state index in [0.717, 1.165) is 34.4 Å². The van der Waals surface area contributed by atoms with E-state index < -0.39 is 11.9 Å². The van der Waals surface area contributed by atoms with Crippen molar-refractivity contribution >= 4 is 36.2 Å². The highest BCUT2D eigenvalue weighted by Crippen LogP contribution is 2.17. The quantitative estimate of drug-likeness (QED) is 0.187. The average Bonchev–Trinajstić information content (AvgIpc) is 2.83. The average molecular weight is 422 g/mol. The summed E-state index contributed by atoms with van der Waals surface area (Å²) in [6.45, 7) is 6.75. The lowest BCUT2D eigenvalue weighted by Gasteiger charge is -2.02. The third kappa shape index (κ3) is 6.82. The van der Waals surface area contributed by atoms with Crippen molar-refractivity contribution in [1.82, 2.24) is 0 Å². The number of benzene rings is 3.